The summed E-state index contributed by atoms with van der Waals surface area (Å²) in [4.78, 5) is 0. The number of hydrogen-bond donors (Lipinski definition) is 2. The molecule has 0 aromatic heterocycles. The number of nitrogens with one attached hydrogen (secondary N) is 2. The Labute approximate surface area is 199 Å². The van der Waals surface area contributed by atoms with Crippen molar-refractivity contribution in [1.82, 2.24) is 0 Å². The molecule has 4 nitrogen and oxygen atoms in total. The molecule has 2 N–H and O–H groups in total. The van der Waals surface area contributed by atoms with E-state index >= 15 is 0 Å². The Morgan fingerprint density at radius 2 is 1.06 bits per heavy atom. The highest BCUT2D eigenvalue weighted by Crippen LogP contribution is 2.37. The summed E-state index contributed by atoms with van der Waals surface area (Å²) in [5, 5.41) is 7.14. The van der Waals surface area contributed by atoms with Gasteiger partial charge in [0.1, 0.15) is 11.5 Å². The minimum atomic E-state index is -0.00996. The smallest absolute Gasteiger partial charge is 0.120 e. The lowest BCUT2D eigenvalue weighted by Crippen LogP contribution is -2.31. The molecule has 2 heterocycles. The molecule has 0 spiro atoms. The summed E-state index contributed by atoms with van der Waals surface area (Å²) in [5.41, 5.74) is 7.39. The van der Waals surface area contributed by atoms with E-state index in [9.17, 15) is 0 Å². The van der Waals surface area contributed by atoms with E-state index in [0.29, 0.717) is 0 Å². The lowest BCUT2D eigenvalue weighted by molar-refractivity contribution is 0.279. The number of ether oxygens (including phenoxy) is 2. The van der Waals surface area contributed by atoms with Gasteiger partial charge in [-0.25, -0.2) is 0 Å². The summed E-state index contributed by atoms with van der Waals surface area (Å²) >= 11 is 0. The first-order valence-electron chi connectivity index (χ1n) is 12.1. The number of rotatable bonds is 8. The Kier molecular flexibility index (Phi) is 6.47. The van der Waals surface area contributed by atoms with E-state index in [1.54, 1.807) is 0 Å². The lowest BCUT2D eigenvalue weighted by Gasteiger charge is -2.31. The van der Waals surface area contributed by atoms with Crippen LogP contribution in [0.5, 0.6) is 11.5 Å². The van der Waals surface area contributed by atoms with Gasteiger partial charge in [-0.1, -0.05) is 12.2 Å². The van der Waals surface area contributed by atoms with Gasteiger partial charge in [0.25, 0.3) is 0 Å². The lowest BCUT2D eigenvalue weighted by atomic mass is 9.91. The summed E-state index contributed by atoms with van der Waals surface area (Å²) in [6, 6.07) is 12.7. The molecule has 2 aromatic rings. The maximum atomic E-state index is 6.02. The van der Waals surface area contributed by atoms with Crippen molar-refractivity contribution in [3.05, 3.63) is 59.7 Å². The van der Waals surface area contributed by atoms with Gasteiger partial charge >= 0.3 is 0 Å². The molecule has 4 heteroatoms. The Hall–Kier alpha value is -2.88. The van der Waals surface area contributed by atoms with Crippen molar-refractivity contribution in [2.75, 3.05) is 23.8 Å². The van der Waals surface area contributed by atoms with Crippen molar-refractivity contribution in [3.8, 4) is 11.5 Å². The van der Waals surface area contributed by atoms with Gasteiger partial charge in [0.05, 0.1) is 24.3 Å². The standard InChI is InChI=1S/C29H38N2O2/c1-20-18-28(3,4)30-26-12-10-22(16-24(20)26)32-14-8-7-9-15-33-23-11-13-27-25(17-23)21(2)19-29(5,6)31-27/h10-13,16-19,30-31H,7-9,14-15H2,1-6H3. The zero-order chi connectivity index (χ0) is 23.6. The predicted molar refractivity (Wildman–Crippen MR) is 140 cm³/mol. The van der Waals surface area contributed by atoms with E-state index in [2.05, 4.69) is 101 Å². The molecule has 0 radical (unpaired) electrons. The van der Waals surface area contributed by atoms with Crippen LogP contribution in [0.3, 0.4) is 0 Å². The van der Waals surface area contributed by atoms with Crippen molar-refractivity contribution in [1.29, 1.82) is 0 Å². The number of hydrogen-bond acceptors (Lipinski definition) is 4. The maximum absolute atomic E-state index is 6.02. The number of anilines is 2. The van der Waals surface area contributed by atoms with Crippen molar-refractivity contribution in [2.45, 2.75) is 71.9 Å². The van der Waals surface area contributed by atoms with Crippen LogP contribution in [-0.4, -0.2) is 24.3 Å². The van der Waals surface area contributed by atoms with Gasteiger partial charge in [0.2, 0.25) is 0 Å². The van der Waals surface area contributed by atoms with Crippen molar-refractivity contribution in [3.63, 3.8) is 0 Å². The van der Waals surface area contributed by atoms with Crippen molar-refractivity contribution >= 4 is 22.5 Å². The molecule has 0 saturated carbocycles. The molecule has 2 aliphatic rings. The molecule has 2 aliphatic heterocycles. The highest BCUT2D eigenvalue weighted by Gasteiger charge is 2.23. The normalized spacial score (nSPS) is 17.5. The fourth-order valence-electron chi connectivity index (χ4n) is 4.86. The second kappa shape index (κ2) is 9.17. The average molecular weight is 447 g/mol. The highest BCUT2D eigenvalue weighted by atomic mass is 16.5. The first-order chi connectivity index (χ1) is 15.6. The van der Waals surface area contributed by atoms with Crippen LogP contribution >= 0.6 is 0 Å². The number of unbranched alkanes of at least 4 members (excludes halogenated alkanes) is 2. The van der Waals surface area contributed by atoms with Gasteiger partial charge in [-0.3, -0.25) is 0 Å². The highest BCUT2D eigenvalue weighted by molar-refractivity contribution is 5.81. The van der Waals surface area contributed by atoms with E-state index in [0.717, 1.165) is 44.0 Å². The van der Waals surface area contributed by atoms with E-state index < -0.39 is 0 Å². The summed E-state index contributed by atoms with van der Waals surface area (Å²) in [6.45, 7) is 14.6. The molecule has 176 valence electrons. The van der Waals surface area contributed by atoms with Crippen LogP contribution in [0.15, 0.2) is 48.6 Å². The average Bonchev–Trinajstić information content (AvgIpc) is 2.72. The summed E-state index contributed by atoms with van der Waals surface area (Å²) in [6.07, 6.45) is 7.67. The van der Waals surface area contributed by atoms with Gasteiger partial charge in [-0.05, 0) is 108 Å². The van der Waals surface area contributed by atoms with Gasteiger partial charge in [0, 0.05) is 22.5 Å². The third-order valence-corrected chi connectivity index (χ3v) is 6.23. The Balaban J connectivity index is 1.19. The Morgan fingerprint density at radius 3 is 1.48 bits per heavy atom. The summed E-state index contributed by atoms with van der Waals surface area (Å²) in [5.74, 6) is 1.88. The third kappa shape index (κ3) is 5.73. The molecule has 33 heavy (non-hydrogen) atoms. The quantitative estimate of drug-likeness (QED) is 0.411. The predicted octanol–water partition coefficient (Wildman–Crippen LogP) is 7.53. The topological polar surface area (TPSA) is 42.5 Å². The van der Waals surface area contributed by atoms with Crippen LogP contribution in [0.2, 0.25) is 0 Å². The molecule has 0 fully saturated rings. The number of allylic oxidation sites excluding steroid dienone is 2. The fourth-order valence-corrected chi connectivity index (χ4v) is 4.86. The number of fused-ring (bicyclic) bond motifs is 2. The molecular formula is C29H38N2O2. The van der Waals surface area contributed by atoms with Gasteiger partial charge in [0.15, 0.2) is 0 Å². The molecule has 2 aromatic carbocycles. The molecule has 0 aliphatic carbocycles. The molecular weight excluding hydrogens is 408 g/mol. The summed E-state index contributed by atoms with van der Waals surface area (Å²) < 4.78 is 12.0. The van der Waals surface area contributed by atoms with Gasteiger partial charge < -0.3 is 20.1 Å². The van der Waals surface area contributed by atoms with E-state index in [1.807, 2.05) is 0 Å². The molecule has 0 atom stereocenters. The van der Waals surface area contributed by atoms with E-state index in [-0.39, 0.29) is 11.1 Å². The third-order valence-electron chi connectivity index (χ3n) is 6.23. The monoisotopic (exact) mass is 446 g/mol. The first-order valence-corrected chi connectivity index (χ1v) is 12.1. The number of benzene rings is 2. The second-order valence-corrected chi connectivity index (χ2v) is 10.5. The van der Waals surface area contributed by atoms with Gasteiger partial charge in [-0.15, -0.1) is 0 Å². The van der Waals surface area contributed by atoms with Crippen LogP contribution in [0.4, 0.5) is 11.4 Å². The largest absolute Gasteiger partial charge is 0.494 e. The van der Waals surface area contributed by atoms with Crippen LogP contribution in [0, 0.1) is 0 Å². The SMILES string of the molecule is CC1=CC(C)(C)Nc2ccc(OCCCCCOc3ccc4c(c3)C(C)=CC(C)(C)N4)cc21. The molecule has 0 bridgehead atoms. The second-order valence-electron chi connectivity index (χ2n) is 10.5. The maximum Gasteiger partial charge on any atom is 0.120 e. The fraction of sp³-hybridized carbons (Fsp3) is 0.448. The molecule has 0 amide bonds. The zero-order valence-electron chi connectivity index (χ0n) is 21.0. The van der Waals surface area contributed by atoms with Crippen LogP contribution in [-0.2, 0) is 0 Å². The van der Waals surface area contributed by atoms with E-state index in [4.69, 9.17) is 9.47 Å². The minimum absolute atomic E-state index is 0.00996. The van der Waals surface area contributed by atoms with Crippen molar-refractivity contribution < 1.29 is 9.47 Å². The zero-order valence-corrected chi connectivity index (χ0v) is 21.0. The molecule has 4 rings (SSSR count). The minimum Gasteiger partial charge on any atom is -0.494 e. The Morgan fingerprint density at radius 1 is 0.636 bits per heavy atom. The van der Waals surface area contributed by atoms with Crippen molar-refractivity contribution in [2.24, 2.45) is 0 Å². The summed E-state index contributed by atoms with van der Waals surface area (Å²) in [7, 11) is 0. The first kappa shape index (κ1) is 23.3. The molecule has 0 unspecified atom stereocenters. The van der Waals surface area contributed by atoms with Crippen LogP contribution in [0.25, 0.3) is 11.1 Å². The molecule has 0 saturated heterocycles. The van der Waals surface area contributed by atoms with Crippen LogP contribution in [0.1, 0.15) is 71.9 Å². The van der Waals surface area contributed by atoms with E-state index in [1.165, 1.54) is 33.6 Å². The Bertz CT molecular complexity index is 994. The van der Waals surface area contributed by atoms with Crippen LogP contribution < -0.4 is 20.1 Å². The van der Waals surface area contributed by atoms with Gasteiger partial charge in [-0.2, -0.15) is 0 Å².